The molecule has 18 heavy (non-hydrogen) atoms. The lowest BCUT2D eigenvalue weighted by molar-refractivity contribution is 0.174. The molecule has 4 nitrogen and oxygen atoms in total. The van der Waals surface area contributed by atoms with Crippen LogP contribution in [0, 0.1) is 0 Å². The molecule has 1 aromatic rings. The first-order chi connectivity index (χ1) is 8.92. The van der Waals surface area contributed by atoms with Gasteiger partial charge in [0.2, 0.25) is 5.95 Å². The van der Waals surface area contributed by atoms with E-state index in [1.165, 1.54) is 51.6 Å². The van der Waals surface area contributed by atoms with Crippen LogP contribution in [0.3, 0.4) is 0 Å². The zero-order valence-electron chi connectivity index (χ0n) is 10.9. The predicted octanol–water partition coefficient (Wildman–Crippen LogP) is 2.26. The summed E-state index contributed by atoms with van der Waals surface area (Å²) in [6.45, 7) is 2.58. The Morgan fingerprint density at radius 3 is 2.89 bits per heavy atom. The molecule has 3 heterocycles. The van der Waals surface area contributed by atoms with Gasteiger partial charge in [-0.15, -0.1) is 0 Å². The number of hydrogen-bond acceptors (Lipinski definition) is 3. The molecule has 3 aliphatic rings. The highest BCUT2D eigenvalue weighted by Gasteiger charge is 2.37. The molecule has 0 aromatic carbocycles. The molecule has 1 saturated carbocycles. The van der Waals surface area contributed by atoms with E-state index in [9.17, 15) is 0 Å². The molecular formula is C14H22N4. The van der Waals surface area contributed by atoms with Crippen LogP contribution in [-0.4, -0.2) is 39.6 Å². The highest BCUT2D eigenvalue weighted by Crippen LogP contribution is 2.37. The van der Waals surface area contributed by atoms with E-state index in [0.29, 0.717) is 12.1 Å². The molecule has 4 heteroatoms. The lowest BCUT2D eigenvalue weighted by Gasteiger charge is -2.33. The highest BCUT2D eigenvalue weighted by molar-refractivity contribution is 5.31. The normalized spacial score (nSPS) is 32.4. The van der Waals surface area contributed by atoms with Crippen molar-refractivity contribution in [1.29, 1.82) is 0 Å². The summed E-state index contributed by atoms with van der Waals surface area (Å²) in [7, 11) is 0. The van der Waals surface area contributed by atoms with E-state index in [-0.39, 0.29) is 0 Å². The molecule has 0 amide bonds. The fraction of sp³-hybridized carbons (Fsp3) is 0.786. The standard InChI is InChI=1S/C14H22N4/c1-2-8-17-9-6-13(12(17)3-1)18-10-7-15-14(18)16-11-4-5-11/h7,10-13H,1-6,8-9H2,(H,15,16). The molecule has 2 saturated heterocycles. The Morgan fingerprint density at radius 2 is 2.00 bits per heavy atom. The van der Waals surface area contributed by atoms with Gasteiger partial charge in [-0.1, -0.05) is 6.42 Å². The molecule has 98 valence electrons. The van der Waals surface area contributed by atoms with Gasteiger partial charge in [-0.2, -0.15) is 0 Å². The molecule has 0 bridgehead atoms. The Hall–Kier alpha value is -1.03. The zero-order chi connectivity index (χ0) is 11.9. The van der Waals surface area contributed by atoms with Crippen molar-refractivity contribution in [2.24, 2.45) is 0 Å². The largest absolute Gasteiger partial charge is 0.353 e. The van der Waals surface area contributed by atoms with Crippen molar-refractivity contribution >= 4 is 5.95 Å². The van der Waals surface area contributed by atoms with Crippen molar-refractivity contribution in [2.75, 3.05) is 18.4 Å². The number of nitrogens with zero attached hydrogens (tertiary/aromatic N) is 3. The quantitative estimate of drug-likeness (QED) is 0.888. The summed E-state index contributed by atoms with van der Waals surface area (Å²) < 4.78 is 2.41. The van der Waals surface area contributed by atoms with Crippen LogP contribution in [0.1, 0.15) is 44.6 Å². The second kappa shape index (κ2) is 4.26. The molecule has 0 radical (unpaired) electrons. The van der Waals surface area contributed by atoms with Crippen LogP contribution >= 0.6 is 0 Å². The van der Waals surface area contributed by atoms with Crippen LogP contribution in [-0.2, 0) is 0 Å². The summed E-state index contributed by atoms with van der Waals surface area (Å²) >= 11 is 0. The maximum atomic E-state index is 4.51. The second-order valence-electron chi connectivity index (χ2n) is 6.03. The Labute approximate surface area is 108 Å². The average Bonchev–Trinajstić information content (AvgIpc) is 2.93. The number of anilines is 1. The molecule has 1 aliphatic carbocycles. The van der Waals surface area contributed by atoms with Crippen molar-refractivity contribution in [1.82, 2.24) is 14.5 Å². The van der Waals surface area contributed by atoms with Crippen LogP contribution in [0.5, 0.6) is 0 Å². The Bertz CT molecular complexity index is 423. The Kier molecular flexibility index (Phi) is 2.57. The summed E-state index contributed by atoms with van der Waals surface area (Å²) in [4.78, 5) is 7.20. The third-order valence-electron chi connectivity index (χ3n) is 4.76. The van der Waals surface area contributed by atoms with E-state index in [4.69, 9.17) is 0 Å². The number of imidazole rings is 1. The van der Waals surface area contributed by atoms with Gasteiger partial charge in [0, 0.05) is 31.0 Å². The summed E-state index contributed by atoms with van der Waals surface area (Å²) in [6.07, 6.45) is 12.2. The van der Waals surface area contributed by atoms with E-state index in [1.807, 2.05) is 6.20 Å². The molecule has 2 unspecified atom stereocenters. The highest BCUT2D eigenvalue weighted by atomic mass is 15.3. The van der Waals surface area contributed by atoms with Gasteiger partial charge >= 0.3 is 0 Å². The molecule has 3 fully saturated rings. The van der Waals surface area contributed by atoms with Gasteiger partial charge < -0.3 is 9.88 Å². The van der Waals surface area contributed by atoms with E-state index in [2.05, 4.69) is 26.0 Å². The Morgan fingerprint density at radius 1 is 1.06 bits per heavy atom. The van der Waals surface area contributed by atoms with Crippen LogP contribution in [0.25, 0.3) is 0 Å². The zero-order valence-corrected chi connectivity index (χ0v) is 10.9. The molecule has 1 N–H and O–H groups in total. The van der Waals surface area contributed by atoms with Crippen molar-refractivity contribution in [3.63, 3.8) is 0 Å². The minimum Gasteiger partial charge on any atom is -0.353 e. The van der Waals surface area contributed by atoms with E-state index < -0.39 is 0 Å². The van der Waals surface area contributed by atoms with Gasteiger partial charge in [0.1, 0.15) is 0 Å². The minimum atomic E-state index is 0.647. The number of aromatic nitrogens is 2. The first kappa shape index (κ1) is 10.9. The van der Waals surface area contributed by atoms with Crippen LogP contribution in [0.15, 0.2) is 12.4 Å². The number of rotatable bonds is 3. The summed E-state index contributed by atoms with van der Waals surface area (Å²) in [6, 6.07) is 2.09. The van der Waals surface area contributed by atoms with Crippen LogP contribution in [0.2, 0.25) is 0 Å². The van der Waals surface area contributed by atoms with Crippen molar-refractivity contribution < 1.29 is 0 Å². The number of nitrogens with one attached hydrogen (secondary N) is 1. The maximum absolute atomic E-state index is 4.51. The molecule has 4 rings (SSSR count). The molecule has 2 atom stereocenters. The lowest BCUT2D eigenvalue weighted by atomic mass is 9.99. The van der Waals surface area contributed by atoms with Gasteiger partial charge in [0.05, 0.1) is 6.04 Å². The smallest absolute Gasteiger partial charge is 0.203 e. The van der Waals surface area contributed by atoms with E-state index in [0.717, 1.165) is 12.0 Å². The average molecular weight is 246 g/mol. The monoisotopic (exact) mass is 246 g/mol. The van der Waals surface area contributed by atoms with Crippen LogP contribution < -0.4 is 5.32 Å². The summed E-state index contributed by atoms with van der Waals surface area (Å²) in [5, 5.41) is 3.57. The van der Waals surface area contributed by atoms with Crippen molar-refractivity contribution in [2.45, 2.75) is 56.7 Å². The Balaban J connectivity index is 1.56. The summed E-state index contributed by atoms with van der Waals surface area (Å²) in [5.74, 6) is 1.11. The van der Waals surface area contributed by atoms with Crippen LogP contribution in [0.4, 0.5) is 5.95 Å². The third-order valence-corrected chi connectivity index (χ3v) is 4.76. The predicted molar refractivity (Wildman–Crippen MR) is 71.7 cm³/mol. The molecule has 1 aromatic heterocycles. The fourth-order valence-electron chi connectivity index (χ4n) is 3.65. The fourth-order valence-corrected chi connectivity index (χ4v) is 3.65. The number of fused-ring (bicyclic) bond motifs is 1. The maximum Gasteiger partial charge on any atom is 0.203 e. The van der Waals surface area contributed by atoms with Gasteiger partial charge in [0.25, 0.3) is 0 Å². The third kappa shape index (κ3) is 1.83. The van der Waals surface area contributed by atoms with E-state index >= 15 is 0 Å². The van der Waals surface area contributed by atoms with Crippen molar-refractivity contribution in [3.8, 4) is 0 Å². The van der Waals surface area contributed by atoms with Crippen molar-refractivity contribution in [3.05, 3.63) is 12.4 Å². The second-order valence-corrected chi connectivity index (χ2v) is 6.03. The SMILES string of the molecule is c1cn(C2CCN3CCCCC23)c(NC2CC2)n1. The first-order valence-electron chi connectivity index (χ1n) is 7.45. The number of hydrogen-bond donors (Lipinski definition) is 1. The van der Waals surface area contributed by atoms with E-state index in [1.54, 1.807) is 0 Å². The first-order valence-corrected chi connectivity index (χ1v) is 7.45. The van der Waals surface area contributed by atoms with Gasteiger partial charge in [-0.3, -0.25) is 4.90 Å². The van der Waals surface area contributed by atoms with Gasteiger partial charge in [-0.05, 0) is 38.6 Å². The van der Waals surface area contributed by atoms with Gasteiger partial charge in [-0.25, -0.2) is 4.98 Å². The van der Waals surface area contributed by atoms with Gasteiger partial charge in [0.15, 0.2) is 0 Å². The molecule has 0 spiro atoms. The molecule has 2 aliphatic heterocycles. The minimum absolute atomic E-state index is 0.647. The summed E-state index contributed by atoms with van der Waals surface area (Å²) in [5.41, 5.74) is 0. The topological polar surface area (TPSA) is 33.1 Å². The number of piperidine rings is 1. The lowest BCUT2D eigenvalue weighted by Crippen LogP contribution is -2.37. The molecular weight excluding hydrogens is 224 g/mol.